The van der Waals surface area contributed by atoms with Crippen molar-refractivity contribution >= 4 is 11.9 Å². The van der Waals surface area contributed by atoms with Crippen molar-refractivity contribution in [3.05, 3.63) is 102 Å². The molecule has 0 unspecified atom stereocenters. The van der Waals surface area contributed by atoms with Gasteiger partial charge in [0.05, 0.1) is 6.61 Å². The molecule has 148 valence electrons. The number of rotatable bonds is 8. The SMILES string of the molecule is CCOc1ccc(C(=O)NCC(=O)OC(c2ccccc2)c2ccccc2)cc1. The Morgan fingerprint density at radius 1 is 0.828 bits per heavy atom. The van der Waals surface area contributed by atoms with Crippen LogP contribution in [0.5, 0.6) is 5.75 Å². The Morgan fingerprint density at radius 2 is 1.38 bits per heavy atom. The molecule has 0 aromatic heterocycles. The summed E-state index contributed by atoms with van der Waals surface area (Å²) in [6.07, 6.45) is -0.535. The molecule has 0 atom stereocenters. The summed E-state index contributed by atoms with van der Waals surface area (Å²) >= 11 is 0. The van der Waals surface area contributed by atoms with Crippen LogP contribution in [-0.4, -0.2) is 25.0 Å². The molecule has 3 aromatic carbocycles. The number of carbonyl (C=O) groups is 2. The number of amides is 1. The average molecular weight is 389 g/mol. The Balaban J connectivity index is 1.62. The highest BCUT2D eigenvalue weighted by molar-refractivity contribution is 5.96. The van der Waals surface area contributed by atoms with E-state index < -0.39 is 12.1 Å². The van der Waals surface area contributed by atoms with E-state index in [2.05, 4.69) is 5.32 Å². The van der Waals surface area contributed by atoms with Crippen molar-refractivity contribution in [1.82, 2.24) is 5.32 Å². The van der Waals surface area contributed by atoms with E-state index in [9.17, 15) is 9.59 Å². The normalized spacial score (nSPS) is 10.4. The molecular formula is C24H23NO4. The number of hydrogen-bond acceptors (Lipinski definition) is 4. The van der Waals surface area contributed by atoms with Crippen molar-refractivity contribution in [2.75, 3.05) is 13.2 Å². The third kappa shape index (κ3) is 5.69. The fourth-order valence-electron chi connectivity index (χ4n) is 2.88. The van der Waals surface area contributed by atoms with Gasteiger partial charge in [-0.15, -0.1) is 0 Å². The summed E-state index contributed by atoms with van der Waals surface area (Å²) in [7, 11) is 0. The van der Waals surface area contributed by atoms with Crippen LogP contribution in [0.4, 0.5) is 0 Å². The fourth-order valence-corrected chi connectivity index (χ4v) is 2.88. The summed E-state index contributed by atoms with van der Waals surface area (Å²) in [5, 5.41) is 2.60. The zero-order valence-electron chi connectivity index (χ0n) is 16.2. The fraction of sp³-hybridized carbons (Fsp3) is 0.167. The molecule has 0 saturated carbocycles. The first-order chi connectivity index (χ1) is 14.2. The van der Waals surface area contributed by atoms with Crippen LogP contribution in [0, 0.1) is 0 Å². The molecule has 5 heteroatoms. The minimum atomic E-state index is -0.535. The zero-order valence-corrected chi connectivity index (χ0v) is 16.2. The van der Waals surface area contributed by atoms with Crippen LogP contribution >= 0.6 is 0 Å². The summed E-state index contributed by atoms with van der Waals surface area (Å²) < 4.78 is 11.0. The lowest BCUT2D eigenvalue weighted by Gasteiger charge is -2.19. The van der Waals surface area contributed by atoms with Gasteiger partial charge in [0.2, 0.25) is 0 Å². The van der Waals surface area contributed by atoms with E-state index in [0.29, 0.717) is 17.9 Å². The van der Waals surface area contributed by atoms with Gasteiger partial charge >= 0.3 is 5.97 Å². The van der Waals surface area contributed by atoms with Gasteiger partial charge in [0.1, 0.15) is 12.3 Å². The first-order valence-corrected chi connectivity index (χ1v) is 9.48. The standard InChI is InChI=1S/C24H23NO4/c1-2-28-21-15-13-20(14-16-21)24(27)25-17-22(26)29-23(18-9-5-3-6-10-18)19-11-7-4-8-12-19/h3-16,23H,2,17H2,1H3,(H,25,27). The number of hydrogen-bond donors (Lipinski definition) is 1. The zero-order chi connectivity index (χ0) is 20.5. The largest absolute Gasteiger partial charge is 0.494 e. The van der Waals surface area contributed by atoms with Crippen molar-refractivity contribution in [2.24, 2.45) is 0 Å². The summed E-state index contributed by atoms with van der Waals surface area (Å²) in [6.45, 7) is 2.23. The van der Waals surface area contributed by atoms with Crippen molar-refractivity contribution in [2.45, 2.75) is 13.0 Å². The van der Waals surface area contributed by atoms with Crippen LogP contribution in [0.25, 0.3) is 0 Å². The number of ether oxygens (including phenoxy) is 2. The highest BCUT2D eigenvalue weighted by atomic mass is 16.5. The molecule has 5 nitrogen and oxygen atoms in total. The monoisotopic (exact) mass is 389 g/mol. The van der Waals surface area contributed by atoms with Gasteiger partial charge in [-0.2, -0.15) is 0 Å². The molecule has 0 spiro atoms. The lowest BCUT2D eigenvalue weighted by atomic mass is 10.0. The highest BCUT2D eigenvalue weighted by Crippen LogP contribution is 2.25. The minimum Gasteiger partial charge on any atom is -0.494 e. The summed E-state index contributed by atoms with van der Waals surface area (Å²) in [5.41, 5.74) is 2.18. The van der Waals surface area contributed by atoms with Crippen molar-refractivity contribution in [3.63, 3.8) is 0 Å². The maximum absolute atomic E-state index is 12.4. The Morgan fingerprint density at radius 3 is 1.90 bits per heavy atom. The molecule has 3 rings (SSSR count). The molecule has 0 aliphatic carbocycles. The summed E-state index contributed by atoms with van der Waals surface area (Å²) in [4.78, 5) is 24.7. The van der Waals surface area contributed by atoms with Gasteiger partial charge in [-0.1, -0.05) is 60.7 Å². The van der Waals surface area contributed by atoms with Gasteiger partial charge < -0.3 is 14.8 Å². The molecule has 0 fully saturated rings. The summed E-state index contributed by atoms with van der Waals surface area (Å²) in [6, 6.07) is 25.8. The smallest absolute Gasteiger partial charge is 0.326 e. The maximum atomic E-state index is 12.4. The van der Waals surface area contributed by atoms with Crippen LogP contribution in [0.3, 0.4) is 0 Å². The molecule has 0 aliphatic rings. The number of nitrogens with one attached hydrogen (secondary N) is 1. The third-order valence-electron chi connectivity index (χ3n) is 4.27. The second-order valence-corrected chi connectivity index (χ2v) is 6.33. The van der Waals surface area contributed by atoms with E-state index in [1.54, 1.807) is 24.3 Å². The van der Waals surface area contributed by atoms with Gasteiger partial charge in [0.25, 0.3) is 5.91 Å². The summed E-state index contributed by atoms with van der Waals surface area (Å²) in [5.74, 6) is -0.167. The minimum absolute atomic E-state index is 0.220. The van der Waals surface area contributed by atoms with Crippen molar-refractivity contribution in [3.8, 4) is 5.75 Å². The van der Waals surface area contributed by atoms with E-state index in [4.69, 9.17) is 9.47 Å². The number of esters is 1. The predicted octanol–water partition coefficient (Wildman–Crippen LogP) is 4.15. The van der Waals surface area contributed by atoms with Crippen LogP contribution < -0.4 is 10.1 Å². The highest BCUT2D eigenvalue weighted by Gasteiger charge is 2.19. The van der Waals surface area contributed by atoms with E-state index >= 15 is 0 Å². The molecular weight excluding hydrogens is 366 g/mol. The number of carbonyl (C=O) groups excluding carboxylic acids is 2. The van der Waals surface area contributed by atoms with Crippen LogP contribution in [0.15, 0.2) is 84.9 Å². The molecule has 0 radical (unpaired) electrons. The molecule has 1 amide bonds. The van der Waals surface area contributed by atoms with Gasteiger partial charge in [0, 0.05) is 5.56 Å². The van der Waals surface area contributed by atoms with Crippen molar-refractivity contribution < 1.29 is 19.1 Å². The van der Waals surface area contributed by atoms with Gasteiger partial charge in [-0.25, -0.2) is 0 Å². The Kier molecular flexibility index (Phi) is 7.00. The van der Waals surface area contributed by atoms with Crippen LogP contribution in [0.1, 0.15) is 34.5 Å². The Hall–Kier alpha value is -3.60. The first-order valence-electron chi connectivity index (χ1n) is 9.48. The quantitative estimate of drug-likeness (QED) is 0.588. The van der Waals surface area contributed by atoms with Gasteiger partial charge in [-0.3, -0.25) is 9.59 Å². The third-order valence-corrected chi connectivity index (χ3v) is 4.27. The molecule has 3 aromatic rings. The van der Waals surface area contributed by atoms with E-state index in [1.165, 1.54) is 0 Å². The molecule has 0 aliphatic heterocycles. The second-order valence-electron chi connectivity index (χ2n) is 6.33. The topological polar surface area (TPSA) is 64.6 Å². The average Bonchev–Trinajstić information content (AvgIpc) is 2.78. The van der Waals surface area contributed by atoms with E-state index in [1.807, 2.05) is 67.6 Å². The maximum Gasteiger partial charge on any atom is 0.326 e. The first kappa shape index (κ1) is 20.1. The van der Waals surface area contributed by atoms with Crippen LogP contribution in [0.2, 0.25) is 0 Å². The van der Waals surface area contributed by atoms with Crippen LogP contribution in [-0.2, 0) is 9.53 Å². The Bertz CT molecular complexity index is 885. The van der Waals surface area contributed by atoms with Gasteiger partial charge in [0.15, 0.2) is 6.10 Å². The Labute approximate surface area is 170 Å². The number of benzene rings is 3. The lowest BCUT2D eigenvalue weighted by molar-refractivity contribution is -0.146. The molecule has 0 heterocycles. The van der Waals surface area contributed by atoms with Crippen molar-refractivity contribution in [1.29, 1.82) is 0 Å². The van der Waals surface area contributed by atoms with E-state index in [0.717, 1.165) is 11.1 Å². The molecule has 29 heavy (non-hydrogen) atoms. The molecule has 0 bridgehead atoms. The van der Waals surface area contributed by atoms with Gasteiger partial charge in [-0.05, 0) is 42.3 Å². The molecule has 1 N–H and O–H groups in total. The molecule has 0 saturated heterocycles. The lowest BCUT2D eigenvalue weighted by Crippen LogP contribution is -2.31. The second kappa shape index (κ2) is 10.1. The van der Waals surface area contributed by atoms with E-state index in [-0.39, 0.29) is 12.5 Å². The predicted molar refractivity (Wildman–Crippen MR) is 111 cm³/mol.